The largest absolute Gasteiger partial charge is 0.495 e. The molecule has 1 amide bonds. The average Bonchev–Trinajstić information content (AvgIpc) is 3.27. The molecule has 7 nitrogen and oxygen atoms in total. The Labute approximate surface area is 164 Å². The van der Waals surface area contributed by atoms with Crippen LogP contribution in [0.2, 0.25) is 0 Å². The number of piperazine rings is 1. The predicted molar refractivity (Wildman–Crippen MR) is 105 cm³/mol. The molecule has 3 heterocycles. The first-order valence-electron chi connectivity index (χ1n) is 9.62. The Morgan fingerprint density at radius 2 is 1.96 bits per heavy atom. The summed E-state index contributed by atoms with van der Waals surface area (Å²) in [6.07, 6.45) is 2.52. The van der Waals surface area contributed by atoms with Gasteiger partial charge in [-0.1, -0.05) is 12.1 Å². The molecule has 0 saturated carbocycles. The number of hydrogen-bond donors (Lipinski definition) is 0. The summed E-state index contributed by atoms with van der Waals surface area (Å²) >= 11 is 0. The zero-order chi connectivity index (χ0) is 19.3. The number of para-hydroxylation sites is 2. The number of nitrogens with zero attached hydrogens (tertiary/aromatic N) is 3. The molecule has 0 aliphatic carbocycles. The number of carbonyl (C=O) groups excluding carboxylic acids is 1. The maximum Gasteiger partial charge on any atom is 0.255 e. The highest BCUT2D eigenvalue weighted by Gasteiger charge is 2.24. The minimum Gasteiger partial charge on any atom is -0.495 e. The third-order valence-electron chi connectivity index (χ3n) is 5.15. The number of anilines is 1. The molecule has 1 aromatic heterocycles. The zero-order valence-electron chi connectivity index (χ0n) is 16.0. The van der Waals surface area contributed by atoms with Crippen molar-refractivity contribution in [1.29, 1.82) is 0 Å². The molecular formula is C21H25N3O4. The molecule has 2 fully saturated rings. The van der Waals surface area contributed by atoms with E-state index < -0.39 is 0 Å². The fourth-order valence-electron chi connectivity index (χ4n) is 3.58. The van der Waals surface area contributed by atoms with Gasteiger partial charge in [0.05, 0.1) is 31.6 Å². The molecule has 148 valence electrons. The molecule has 0 spiro atoms. The number of amides is 1. The second-order valence-electron chi connectivity index (χ2n) is 6.94. The second kappa shape index (κ2) is 8.48. The summed E-state index contributed by atoms with van der Waals surface area (Å²) in [4.78, 5) is 21.2. The molecule has 28 heavy (non-hydrogen) atoms. The average molecular weight is 383 g/mol. The Bertz CT molecular complexity index is 798. The topological polar surface area (TPSA) is 64.1 Å². The van der Waals surface area contributed by atoms with Crippen molar-refractivity contribution in [2.45, 2.75) is 12.5 Å². The Morgan fingerprint density at radius 1 is 1.14 bits per heavy atom. The number of aromatic nitrogens is 1. The minimum absolute atomic E-state index is 0.00271. The van der Waals surface area contributed by atoms with Gasteiger partial charge in [0.25, 0.3) is 5.91 Å². The highest BCUT2D eigenvalue weighted by molar-refractivity contribution is 5.94. The molecule has 0 N–H and O–H groups in total. The minimum atomic E-state index is 0.00271. The van der Waals surface area contributed by atoms with Gasteiger partial charge in [0, 0.05) is 44.9 Å². The van der Waals surface area contributed by atoms with Crippen LogP contribution in [0.3, 0.4) is 0 Å². The van der Waals surface area contributed by atoms with Crippen molar-refractivity contribution in [3.63, 3.8) is 0 Å². The third-order valence-corrected chi connectivity index (χ3v) is 5.15. The van der Waals surface area contributed by atoms with Crippen LogP contribution in [-0.4, -0.2) is 68.4 Å². The smallest absolute Gasteiger partial charge is 0.255 e. The van der Waals surface area contributed by atoms with Crippen LogP contribution >= 0.6 is 0 Å². The molecular weight excluding hydrogens is 358 g/mol. The van der Waals surface area contributed by atoms with E-state index in [0.717, 1.165) is 37.6 Å². The van der Waals surface area contributed by atoms with E-state index in [1.165, 1.54) is 0 Å². The Hall–Kier alpha value is -2.80. The van der Waals surface area contributed by atoms with Gasteiger partial charge >= 0.3 is 0 Å². The van der Waals surface area contributed by atoms with E-state index in [-0.39, 0.29) is 12.0 Å². The molecule has 0 radical (unpaired) electrons. The predicted octanol–water partition coefficient (Wildman–Crippen LogP) is 2.22. The van der Waals surface area contributed by atoms with Gasteiger partial charge in [0.1, 0.15) is 11.9 Å². The van der Waals surface area contributed by atoms with Crippen molar-refractivity contribution in [3.8, 4) is 11.6 Å². The van der Waals surface area contributed by atoms with Crippen molar-refractivity contribution in [3.05, 3.63) is 48.2 Å². The lowest BCUT2D eigenvalue weighted by Gasteiger charge is -2.36. The Balaban J connectivity index is 1.34. The normalized spacial score (nSPS) is 19.5. The molecule has 2 saturated heterocycles. The second-order valence-corrected chi connectivity index (χ2v) is 6.94. The molecule has 4 rings (SSSR count). The summed E-state index contributed by atoms with van der Waals surface area (Å²) in [5.74, 6) is 1.39. The Kier molecular flexibility index (Phi) is 5.62. The Morgan fingerprint density at radius 3 is 2.64 bits per heavy atom. The number of methoxy groups -OCH3 is 1. The number of rotatable bonds is 5. The molecule has 1 unspecified atom stereocenters. The summed E-state index contributed by atoms with van der Waals surface area (Å²) in [5, 5.41) is 0. The number of carbonyl (C=O) groups is 1. The van der Waals surface area contributed by atoms with Gasteiger partial charge in [-0.2, -0.15) is 0 Å². The molecule has 1 atom stereocenters. The summed E-state index contributed by atoms with van der Waals surface area (Å²) < 4.78 is 16.5. The lowest BCUT2D eigenvalue weighted by atomic mass is 10.2. The van der Waals surface area contributed by atoms with Crippen LogP contribution in [0.1, 0.15) is 16.8 Å². The standard InChI is InChI=1S/C21H25N3O4/c1-26-19-5-3-2-4-18(19)23-9-11-24(12-10-23)21(25)16-6-7-20(22-14-16)28-17-8-13-27-15-17/h2-7,14,17H,8-13,15H2,1H3. The molecule has 7 heteroatoms. The van der Waals surface area contributed by atoms with Crippen molar-refractivity contribution < 1.29 is 19.0 Å². The van der Waals surface area contributed by atoms with E-state index in [1.807, 2.05) is 29.2 Å². The third kappa shape index (κ3) is 4.04. The van der Waals surface area contributed by atoms with Gasteiger partial charge in [-0.15, -0.1) is 0 Å². The fraction of sp³-hybridized carbons (Fsp3) is 0.429. The summed E-state index contributed by atoms with van der Waals surface area (Å²) in [6, 6.07) is 11.5. The van der Waals surface area contributed by atoms with E-state index in [1.54, 1.807) is 25.4 Å². The lowest BCUT2D eigenvalue weighted by Crippen LogP contribution is -2.48. The first kappa shape index (κ1) is 18.6. The summed E-state index contributed by atoms with van der Waals surface area (Å²) in [5.41, 5.74) is 1.65. The SMILES string of the molecule is COc1ccccc1N1CCN(C(=O)c2ccc(OC3CCOC3)nc2)CC1. The zero-order valence-corrected chi connectivity index (χ0v) is 16.0. The molecule has 1 aromatic carbocycles. The molecule has 2 aliphatic heterocycles. The van der Waals surface area contributed by atoms with E-state index in [9.17, 15) is 4.79 Å². The fourth-order valence-corrected chi connectivity index (χ4v) is 3.58. The van der Waals surface area contributed by atoms with Crippen LogP contribution < -0.4 is 14.4 Å². The highest BCUT2D eigenvalue weighted by atomic mass is 16.5. The van der Waals surface area contributed by atoms with Crippen LogP contribution in [0.15, 0.2) is 42.6 Å². The number of ether oxygens (including phenoxy) is 3. The van der Waals surface area contributed by atoms with Crippen molar-refractivity contribution in [1.82, 2.24) is 9.88 Å². The van der Waals surface area contributed by atoms with Gasteiger partial charge in [-0.25, -0.2) is 4.98 Å². The van der Waals surface area contributed by atoms with Crippen LogP contribution in [0.5, 0.6) is 11.6 Å². The quantitative estimate of drug-likeness (QED) is 0.789. The first-order chi connectivity index (χ1) is 13.7. The lowest BCUT2D eigenvalue weighted by molar-refractivity contribution is 0.0746. The molecule has 2 aromatic rings. The van der Waals surface area contributed by atoms with E-state index in [0.29, 0.717) is 31.1 Å². The van der Waals surface area contributed by atoms with Crippen molar-refractivity contribution in [2.24, 2.45) is 0 Å². The highest BCUT2D eigenvalue weighted by Crippen LogP contribution is 2.28. The summed E-state index contributed by atoms with van der Waals surface area (Å²) in [6.45, 7) is 4.18. The van der Waals surface area contributed by atoms with E-state index in [2.05, 4.69) is 9.88 Å². The molecule has 2 aliphatic rings. The van der Waals surface area contributed by atoms with Crippen LogP contribution in [0.4, 0.5) is 5.69 Å². The van der Waals surface area contributed by atoms with Crippen molar-refractivity contribution in [2.75, 3.05) is 51.4 Å². The maximum atomic E-state index is 12.8. The van der Waals surface area contributed by atoms with Gasteiger partial charge in [-0.05, 0) is 18.2 Å². The van der Waals surface area contributed by atoms with Gasteiger partial charge in [0.2, 0.25) is 5.88 Å². The monoisotopic (exact) mass is 383 g/mol. The number of benzene rings is 1. The summed E-state index contributed by atoms with van der Waals surface area (Å²) in [7, 11) is 1.68. The van der Waals surface area contributed by atoms with E-state index in [4.69, 9.17) is 14.2 Å². The van der Waals surface area contributed by atoms with Crippen LogP contribution in [0.25, 0.3) is 0 Å². The van der Waals surface area contributed by atoms with Crippen molar-refractivity contribution >= 4 is 11.6 Å². The van der Waals surface area contributed by atoms with Crippen LogP contribution in [0, 0.1) is 0 Å². The molecule has 0 bridgehead atoms. The van der Waals surface area contributed by atoms with Crippen LogP contribution in [-0.2, 0) is 4.74 Å². The van der Waals surface area contributed by atoms with Gasteiger partial charge in [-0.3, -0.25) is 4.79 Å². The number of hydrogen-bond acceptors (Lipinski definition) is 6. The van der Waals surface area contributed by atoms with Gasteiger partial charge < -0.3 is 24.0 Å². The number of pyridine rings is 1. The first-order valence-corrected chi connectivity index (χ1v) is 9.62. The van der Waals surface area contributed by atoms with Gasteiger partial charge in [0.15, 0.2) is 0 Å². The van der Waals surface area contributed by atoms with E-state index >= 15 is 0 Å². The maximum absolute atomic E-state index is 12.8.